The first kappa shape index (κ1) is 40.2. The van der Waals surface area contributed by atoms with Gasteiger partial charge in [0.25, 0.3) is 11.8 Å². The zero-order valence-corrected chi connectivity index (χ0v) is 34.3. The van der Waals surface area contributed by atoms with Gasteiger partial charge < -0.3 is 17.0 Å². The average Bonchev–Trinajstić information content (AvgIpc) is 3.89. The summed E-state index contributed by atoms with van der Waals surface area (Å²) in [6, 6.07) is 66.9. The van der Waals surface area contributed by atoms with E-state index in [1.54, 1.807) is 0 Å². The Hall–Kier alpha value is -6.04. The van der Waals surface area contributed by atoms with Crippen LogP contribution in [0.3, 0.4) is 0 Å². The summed E-state index contributed by atoms with van der Waals surface area (Å²) in [7, 11) is 0. The number of amidine groups is 2. The molecule has 0 N–H and O–H groups in total. The number of halogens is 1. The van der Waals surface area contributed by atoms with Crippen molar-refractivity contribution in [3.05, 3.63) is 251 Å². The van der Waals surface area contributed by atoms with Crippen LogP contribution in [0.5, 0.6) is 0 Å². The smallest absolute Gasteiger partial charge is 0.260 e. The maximum absolute atomic E-state index is 14.8. The van der Waals surface area contributed by atoms with Gasteiger partial charge in [0.05, 0.1) is 12.1 Å². The fourth-order valence-electron chi connectivity index (χ4n) is 7.87. The molecule has 0 aliphatic carbocycles. The molecular weight excluding hydrogens is 875 g/mol. The molecule has 8 heteroatoms. The Morgan fingerprint density at radius 2 is 0.690 bits per heavy atom. The molecule has 287 valence electrons. The van der Waals surface area contributed by atoms with Crippen LogP contribution in [0, 0.1) is 6.07 Å². The molecule has 0 saturated heterocycles. The molecule has 2 amide bonds. The number of nitrogens with zero attached hydrogens (tertiary/aromatic N) is 4. The Morgan fingerprint density at radius 3 is 1.02 bits per heavy atom. The minimum absolute atomic E-state index is 0. The van der Waals surface area contributed by atoms with Crippen LogP contribution >= 0.6 is 0 Å². The Labute approximate surface area is 363 Å². The van der Waals surface area contributed by atoms with Gasteiger partial charge in [-0.1, -0.05) is 176 Å². The number of carbonyl (C=O) groups is 2. The van der Waals surface area contributed by atoms with Crippen molar-refractivity contribution >= 4 is 23.5 Å². The molecule has 0 aromatic heterocycles. The number of hydrogen-bond donors (Lipinski definition) is 0. The molecule has 0 bridgehead atoms. The van der Waals surface area contributed by atoms with E-state index in [9.17, 15) is 9.59 Å². The van der Waals surface area contributed by atoms with E-state index in [0.717, 1.165) is 22.3 Å². The van der Waals surface area contributed by atoms with E-state index in [2.05, 4.69) is 54.6 Å². The van der Waals surface area contributed by atoms with Gasteiger partial charge in [0.2, 0.25) is 0 Å². The summed E-state index contributed by atoms with van der Waals surface area (Å²) in [5, 5.41) is 0. The van der Waals surface area contributed by atoms with Crippen LogP contribution in [0.25, 0.3) is 0 Å². The summed E-state index contributed by atoms with van der Waals surface area (Å²) < 4.78 is 0. The minimum atomic E-state index is -0.428. The van der Waals surface area contributed by atoms with Crippen LogP contribution in [0.1, 0.15) is 78.3 Å². The van der Waals surface area contributed by atoms with Crippen molar-refractivity contribution in [1.82, 2.24) is 9.80 Å². The molecule has 7 aromatic rings. The van der Waals surface area contributed by atoms with Crippen LogP contribution in [0.2, 0.25) is 0 Å². The Kier molecular flexibility index (Phi) is 12.5. The summed E-state index contributed by atoms with van der Waals surface area (Å²) in [6.07, 6.45) is 0. The SMILES string of the molecule is O=C(c1ccccc1)N1C(c2[c]c(C3=NC(c4ccccc4)C(c4ccccc4)N3C(=O)c3ccccc3)ccc2)=NC(c2ccccc2)C1c1ccccc1.[Br-].[Pd]. The fraction of sp³-hybridized carbons (Fsp3) is 0.0800. The molecule has 4 atom stereocenters. The van der Waals surface area contributed by atoms with E-state index in [1.807, 2.05) is 161 Å². The van der Waals surface area contributed by atoms with Gasteiger partial charge >= 0.3 is 0 Å². The zero-order valence-electron chi connectivity index (χ0n) is 31.2. The zero-order chi connectivity index (χ0) is 37.8. The van der Waals surface area contributed by atoms with E-state index in [1.165, 1.54) is 0 Å². The first-order valence-corrected chi connectivity index (χ1v) is 18.8. The number of hydrogen-bond acceptors (Lipinski definition) is 4. The first-order chi connectivity index (χ1) is 27.7. The Bertz CT molecular complexity index is 2370. The van der Waals surface area contributed by atoms with Crippen molar-refractivity contribution < 1.29 is 47.0 Å². The van der Waals surface area contributed by atoms with Crippen LogP contribution in [0.15, 0.2) is 210 Å². The monoisotopic (exact) mass is 910 g/mol. The normalized spacial score (nSPS) is 18.3. The fourth-order valence-corrected chi connectivity index (χ4v) is 7.87. The second kappa shape index (κ2) is 18.0. The first-order valence-electron chi connectivity index (χ1n) is 18.8. The van der Waals surface area contributed by atoms with Gasteiger partial charge in [-0.05, 0) is 46.5 Å². The number of aliphatic imine (C=N–C) groups is 2. The second-order valence-electron chi connectivity index (χ2n) is 13.9. The van der Waals surface area contributed by atoms with Crippen LogP contribution in [-0.4, -0.2) is 33.3 Å². The quantitative estimate of drug-likeness (QED) is 0.151. The molecule has 0 saturated carbocycles. The van der Waals surface area contributed by atoms with Gasteiger partial charge in [-0.3, -0.25) is 29.4 Å². The third-order valence-corrected chi connectivity index (χ3v) is 10.5. The standard InChI is InChI=1S/C50H37N4O2.BrH.Pd/c55-49(39-28-15-5-16-29-39)53-45(37-24-11-3-12-25-37)43(35-20-7-1-8-21-35)51-47(53)41-32-19-33-42(34-41)48-52-44(36-22-9-2-10-23-36)46(38-26-13-4-14-27-38)54(48)50(56)40-30-17-6-18-31-40;;/h1-33,43-46H;1H;/p-1. The number of rotatable bonds is 8. The van der Waals surface area contributed by atoms with Gasteiger partial charge in [0.15, 0.2) is 0 Å². The summed E-state index contributed by atoms with van der Waals surface area (Å²) in [6.45, 7) is 0. The molecule has 9 rings (SSSR count). The molecule has 2 aliphatic heterocycles. The molecule has 58 heavy (non-hydrogen) atoms. The largest absolute Gasteiger partial charge is 1.00 e. The van der Waals surface area contributed by atoms with Crippen molar-refractivity contribution in [2.24, 2.45) is 9.98 Å². The molecule has 7 aromatic carbocycles. The van der Waals surface area contributed by atoms with Crippen molar-refractivity contribution in [3.63, 3.8) is 0 Å². The summed E-state index contributed by atoms with van der Waals surface area (Å²) in [4.78, 5) is 44.0. The topological polar surface area (TPSA) is 65.3 Å². The predicted octanol–water partition coefficient (Wildman–Crippen LogP) is 7.26. The Morgan fingerprint density at radius 1 is 0.397 bits per heavy atom. The molecule has 4 unspecified atom stereocenters. The van der Waals surface area contributed by atoms with Crippen molar-refractivity contribution in [1.29, 1.82) is 0 Å². The van der Waals surface area contributed by atoms with E-state index < -0.39 is 12.1 Å². The molecule has 2 heterocycles. The van der Waals surface area contributed by atoms with Crippen LogP contribution < -0.4 is 17.0 Å². The number of carbonyl (C=O) groups excluding carboxylic acids is 2. The predicted molar refractivity (Wildman–Crippen MR) is 220 cm³/mol. The molecule has 1 radical (unpaired) electrons. The van der Waals surface area contributed by atoms with Crippen molar-refractivity contribution in [2.75, 3.05) is 0 Å². The maximum Gasteiger partial charge on any atom is 0.260 e. The molecular formula is C50H37BrN4O2Pd-. The maximum atomic E-state index is 14.8. The second-order valence-corrected chi connectivity index (χ2v) is 13.9. The van der Waals surface area contributed by atoms with Crippen LogP contribution in [0.4, 0.5) is 0 Å². The Balaban J connectivity index is 0.00000256. The van der Waals surface area contributed by atoms with E-state index in [-0.39, 0.29) is 61.3 Å². The average molecular weight is 912 g/mol. The van der Waals surface area contributed by atoms with Crippen molar-refractivity contribution in [2.45, 2.75) is 24.2 Å². The minimum Gasteiger partial charge on any atom is -1.00 e. The van der Waals surface area contributed by atoms with E-state index >= 15 is 0 Å². The molecule has 6 nitrogen and oxygen atoms in total. The van der Waals surface area contributed by atoms with Gasteiger partial charge in [-0.25, -0.2) is 0 Å². The molecule has 2 aliphatic rings. The molecule has 0 fully saturated rings. The van der Waals surface area contributed by atoms with Gasteiger partial charge in [0.1, 0.15) is 23.8 Å². The summed E-state index contributed by atoms with van der Waals surface area (Å²) in [5.74, 6) is 0.676. The third-order valence-electron chi connectivity index (χ3n) is 10.5. The van der Waals surface area contributed by atoms with E-state index in [0.29, 0.717) is 33.9 Å². The van der Waals surface area contributed by atoms with Gasteiger partial charge in [-0.2, -0.15) is 0 Å². The van der Waals surface area contributed by atoms with Gasteiger partial charge in [-0.15, -0.1) is 0 Å². The summed E-state index contributed by atoms with van der Waals surface area (Å²) in [5.41, 5.74) is 6.29. The van der Waals surface area contributed by atoms with Crippen LogP contribution in [-0.2, 0) is 20.4 Å². The van der Waals surface area contributed by atoms with Crippen molar-refractivity contribution in [3.8, 4) is 0 Å². The number of amides is 2. The van der Waals surface area contributed by atoms with Gasteiger partial charge in [0, 0.05) is 48.7 Å². The third kappa shape index (κ3) is 7.79. The summed E-state index contributed by atoms with van der Waals surface area (Å²) >= 11 is 0. The number of benzene rings is 7. The molecule has 0 spiro atoms. The van der Waals surface area contributed by atoms with E-state index in [4.69, 9.17) is 9.98 Å².